The number of fused-ring (bicyclic) bond motifs is 2. The highest BCUT2D eigenvalue weighted by atomic mass is 16.6. The van der Waals surface area contributed by atoms with Gasteiger partial charge in [0.25, 0.3) is 0 Å². The second-order valence-electron chi connectivity index (χ2n) is 9.15. The lowest BCUT2D eigenvalue weighted by atomic mass is 9.92. The number of quaternary nitrogens is 1. The molecule has 0 unspecified atom stereocenters. The second kappa shape index (κ2) is 9.21. The fourth-order valence-electron chi connectivity index (χ4n) is 4.62. The van der Waals surface area contributed by atoms with Crippen LogP contribution in [0.4, 0.5) is 0 Å². The monoisotopic (exact) mass is 451 g/mol. The first-order valence-corrected chi connectivity index (χ1v) is 11.0. The van der Waals surface area contributed by atoms with Gasteiger partial charge in [0.2, 0.25) is 6.23 Å². The van der Waals surface area contributed by atoms with Gasteiger partial charge in [0.1, 0.15) is 18.3 Å². The first-order chi connectivity index (χ1) is 15.7. The number of aliphatic hydroxyl groups excluding tert-OH is 3. The largest absolute Gasteiger partial charge is 0.547 e. The first kappa shape index (κ1) is 23.4. The van der Waals surface area contributed by atoms with Crippen LogP contribution in [-0.4, -0.2) is 77.1 Å². The van der Waals surface area contributed by atoms with Gasteiger partial charge in [0.05, 0.1) is 26.6 Å². The smallest absolute Gasteiger partial charge is 0.222 e. The lowest BCUT2D eigenvalue weighted by Gasteiger charge is -2.47. The van der Waals surface area contributed by atoms with Crippen LogP contribution < -0.4 is 5.11 Å². The highest BCUT2D eigenvalue weighted by molar-refractivity contribution is 5.93. The summed E-state index contributed by atoms with van der Waals surface area (Å²) in [5.74, 6) is -1.63. The first-order valence-electron chi connectivity index (χ1n) is 11.0. The summed E-state index contributed by atoms with van der Waals surface area (Å²) in [5, 5.41) is 42.0. The van der Waals surface area contributed by atoms with Crippen LogP contribution in [0, 0.1) is 0 Å². The Morgan fingerprint density at radius 1 is 0.939 bits per heavy atom. The average molecular weight is 452 g/mol. The van der Waals surface area contributed by atoms with E-state index in [1.807, 2.05) is 24.3 Å². The molecule has 33 heavy (non-hydrogen) atoms. The van der Waals surface area contributed by atoms with Crippen molar-refractivity contribution in [3.05, 3.63) is 76.9 Å². The van der Waals surface area contributed by atoms with Crippen molar-refractivity contribution < 1.29 is 34.4 Å². The number of carbonyl (C=O) groups is 1. The van der Waals surface area contributed by atoms with Crippen molar-refractivity contribution in [2.45, 2.75) is 37.1 Å². The van der Waals surface area contributed by atoms with Crippen LogP contribution >= 0.6 is 0 Å². The van der Waals surface area contributed by atoms with Crippen molar-refractivity contribution >= 4 is 23.7 Å². The van der Waals surface area contributed by atoms with E-state index in [2.05, 4.69) is 42.5 Å². The highest BCUT2D eigenvalue weighted by Crippen LogP contribution is 2.34. The summed E-state index contributed by atoms with van der Waals surface area (Å²) in [6, 6.07) is 16.3. The highest BCUT2D eigenvalue weighted by Gasteiger charge is 2.50. The van der Waals surface area contributed by atoms with E-state index in [1.165, 1.54) is 0 Å². The molecule has 2 aliphatic rings. The predicted molar refractivity (Wildman–Crippen MR) is 122 cm³/mol. The molecule has 0 spiro atoms. The number of hydrogen-bond acceptors (Lipinski definition) is 6. The molecule has 1 saturated heterocycles. The Hall–Kier alpha value is -2.81. The predicted octanol–water partition coefficient (Wildman–Crippen LogP) is 0.626. The van der Waals surface area contributed by atoms with Crippen molar-refractivity contribution in [3.8, 4) is 0 Å². The summed E-state index contributed by atoms with van der Waals surface area (Å²) in [5.41, 5.74) is 5.57. The standard InChI is InChI=1S/C26H29NO6/c1-27(2,25-23(30)21(28)22(29)24(33-25)26(31)32)15-7-12-20-18-10-5-3-8-16(18)13-14-17-9-4-6-11-19(17)20/h3-6,8-14,21-25,28-30H,7,15H2,1-2H3/t21-,22-,23+,24-,25+/m0/s1. The molecular weight excluding hydrogens is 422 g/mol. The third kappa shape index (κ3) is 4.51. The summed E-state index contributed by atoms with van der Waals surface area (Å²) in [7, 11) is 3.58. The van der Waals surface area contributed by atoms with Gasteiger partial charge in [-0.15, -0.1) is 0 Å². The minimum absolute atomic E-state index is 0.0834. The Bertz CT molecular complexity index is 1040. The zero-order chi connectivity index (χ0) is 23.8. The van der Waals surface area contributed by atoms with Crippen LogP contribution in [0.2, 0.25) is 0 Å². The molecule has 2 aromatic rings. The fraction of sp³-hybridized carbons (Fsp3) is 0.346. The number of hydrogen-bond donors (Lipinski definition) is 3. The molecule has 0 amide bonds. The van der Waals surface area contributed by atoms with Crippen LogP contribution in [0.5, 0.6) is 0 Å². The van der Waals surface area contributed by atoms with Crippen LogP contribution in [0.15, 0.2) is 54.6 Å². The summed E-state index contributed by atoms with van der Waals surface area (Å²) < 4.78 is 5.59. The van der Waals surface area contributed by atoms with E-state index in [1.54, 1.807) is 14.1 Å². The van der Waals surface area contributed by atoms with Gasteiger partial charge in [-0.05, 0) is 27.8 Å². The molecule has 0 saturated carbocycles. The Morgan fingerprint density at radius 3 is 2.03 bits per heavy atom. The number of carboxylic acids is 1. The summed E-state index contributed by atoms with van der Waals surface area (Å²) in [6.45, 7) is 0.492. The third-order valence-electron chi connectivity index (χ3n) is 6.51. The van der Waals surface area contributed by atoms with Crippen molar-refractivity contribution in [1.29, 1.82) is 0 Å². The number of aliphatic hydroxyl groups is 3. The molecule has 174 valence electrons. The van der Waals surface area contributed by atoms with Gasteiger partial charge in [-0.25, -0.2) is 0 Å². The average Bonchev–Trinajstić information content (AvgIpc) is 2.94. The molecule has 1 fully saturated rings. The van der Waals surface area contributed by atoms with Crippen molar-refractivity contribution in [2.75, 3.05) is 20.6 Å². The van der Waals surface area contributed by atoms with Gasteiger partial charge < -0.3 is 34.4 Å². The molecule has 7 nitrogen and oxygen atoms in total. The van der Waals surface area contributed by atoms with E-state index in [-0.39, 0.29) is 4.48 Å². The van der Waals surface area contributed by atoms with Gasteiger partial charge in [-0.2, -0.15) is 0 Å². The summed E-state index contributed by atoms with van der Waals surface area (Å²) >= 11 is 0. The number of rotatable bonds is 5. The molecular formula is C26H29NO6. The second-order valence-corrected chi connectivity index (χ2v) is 9.15. The number of carbonyl (C=O) groups excluding carboxylic acids is 1. The Morgan fingerprint density at radius 2 is 1.48 bits per heavy atom. The number of carboxylic acid groups (broad SMARTS) is 1. The van der Waals surface area contributed by atoms with Crippen LogP contribution in [-0.2, 0) is 9.53 Å². The normalized spacial score (nSPS) is 26.8. The molecule has 0 aromatic heterocycles. The lowest BCUT2D eigenvalue weighted by molar-refractivity contribution is -0.944. The van der Waals surface area contributed by atoms with Crippen LogP contribution in [0.25, 0.3) is 17.7 Å². The molecule has 0 bridgehead atoms. The molecule has 3 N–H and O–H groups in total. The number of ether oxygens (including phenoxy) is 1. The van der Waals surface area contributed by atoms with E-state index in [9.17, 15) is 25.2 Å². The van der Waals surface area contributed by atoms with E-state index < -0.39 is 36.6 Å². The third-order valence-corrected chi connectivity index (χ3v) is 6.51. The van der Waals surface area contributed by atoms with Gasteiger partial charge in [0.15, 0.2) is 6.10 Å². The molecule has 0 radical (unpaired) electrons. The van der Waals surface area contributed by atoms with Gasteiger partial charge >= 0.3 is 0 Å². The number of likely N-dealkylation sites (N-methyl/N-ethyl adjacent to an activating group) is 1. The SMILES string of the molecule is C[N+](C)(CCC=C1c2ccccc2C=Cc2ccccc21)[C@@H]1O[C@H](C(=O)[O-])[C@@H](O)[C@H](O)[C@H]1O. The minimum atomic E-state index is -1.75. The fourth-order valence-corrected chi connectivity index (χ4v) is 4.62. The van der Waals surface area contributed by atoms with Crippen LogP contribution in [0.1, 0.15) is 28.7 Å². The summed E-state index contributed by atoms with van der Waals surface area (Å²) in [4.78, 5) is 11.4. The topological polar surface area (TPSA) is 110 Å². The number of nitrogens with zero attached hydrogens (tertiary/aromatic N) is 1. The zero-order valence-electron chi connectivity index (χ0n) is 18.7. The van der Waals surface area contributed by atoms with Gasteiger partial charge in [-0.3, -0.25) is 0 Å². The molecule has 4 rings (SSSR count). The van der Waals surface area contributed by atoms with Gasteiger partial charge in [-0.1, -0.05) is 66.8 Å². The maximum atomic E-state index is 11.4. The van der Waals surface area contributed by atoms with Crippen molar-refractivity contribution in [3.63, 3.8) is 0 Å². The van der Waals surface area contributed by atoms with Crippen molar-refractivity contribution in [1.82, 2.24) is 0 Å². The molecule has 1 aliphatic heterocycles. The minimum Gasteiger partial charge on any atom is -0.547 e. The number of aliphatic carboxylic acids is 1. The zero-order valence-corrected chi connectivity index (χ0v) is 18.7. The molecule has 1 heterocycles. The molecule has 7 heteroatoms. The maximum Gasteiger partial charge on any atom is 0.222 e. The van der Waals surface area contributed by atoms with Crippen LogP contribution in [0.3, 0.4) is 0 Å². The quantitative estimate of drug-likeness (QED) is 0.491. The maximum absolute atomic E-state index is 11.4. The van der Waals surface area contributed by atoms with Gasteiger partial charge in [0, 0.05) is 6.42 Å². The molecule has 2 aromatic carbocycles. The van der Waals surface area contributed by atoms with Crippen molar-refractivity contribution in [2.24, 2.45) is 0 Å². The van der Waals surface area contributed by atoms with E-state index in [0.717, 1.165) is 27.8 Å². The Labute approximate surface area is 193 Å². The van der Waals surface area contributed by atoms with E-state index >= 15 is 0 Å². The lowest BCUT2D eigenvalue weighted by Crippen LogP contribution is -2.69. The summed E-state index contributed by atoms with van der Waals surface area (Å²) in [6.07, 6.45) is -0.642. The van der Waals surface area contributed by atoms with E-state index in [4.69, 9.17) is 4.74 Å². The Kier molecular flexibility index (Phi) is 6.52. The van der Waals surface area contributed by atoms with E-state index in [0.29, 0.717) is 13.0 Å². The molecule has 1 aliphatic carbocycles. The number of benzene rings is 2. The Balaban J connectivity index is 1.60. The molecule has 5 atom stereocenters.